The largest absolute Gasteiger partial charge is 0.385 e. The summed E-state index contributed by atoms with van der Waals surface area (Å²) < 4.78 is 0. The highest BCUT2D eigenvalue weighted by Crippen LogP contribution is 2.14. The highest BCUT2D eigenvalue weighted by Gasteiger charge is 2.25. The van der Waals surface area contributed by atoms with Crippen molar-refractivity contribution in [2.24, 2.45) is 11.3 Å². The first-order valence-electron chi connectivity index (χ1n) is 7.61. The van der Waals surface area contributed by atoms with Crippen molar-refractivity contribution in [2.75, 3.05) is 12.3 Å². The highest BCUT2D eigenvalue weighted by atomic mass is 32.1. The molecule has 0 aromatic heterocycles. The number of hydrogen-bond donors (Lipinski definition) is 3. The Bertz CT molecular complexity index is 456. The molecule has 132 valence electrons. The van der Waals surface area contributed by atoms with Crippen LogP contribution in [0.15, 0.2) is 0 Å². The Morgan fingerprint density at radius 1 is 1.17 bits per heavy atom. The van der Waals surface area contributed by atoms with Crippen LogP contribution in [-0.4, -0.2) is 46.8 Å². The molecule has 7 heteroatoms. The molecule has 0 aliphatic rings. The van der Waals surface area contributed by atoms with Gasteiger partial charge in [-0.3, -0.25) is 19.2 Å². The first-order chi connectivity index (χ1) is 10.5. The zero-order valence-corrected chi connectivity index (χ0v) is 15.1. The zero-order valence-electron chi connectivity index (χ0n) is 14.2. The Hall–Kier alpha value is -1.21. The van der Waals surface area contributed by atoms with E-state index in [0.717, 1.165) is 0 Å². The van der Waals surface area contributed by atoms with Crippen molar-refractivity contribution in [1.29, 1.82) is 0 Å². The number of Topliss-reactive ketones (excluding diaryl/α,β-unsaturated/α-hetero) is 3. The van der Waals surface area contributed by atoms with Crippen LogP contribution in [0.25, 0.3) is 0 Å². The maximum Gasteiger partial charge on any atom is 0.224 e. The lowest BCUT2D eigenvalue weighted by Gasteiger charge is -2.19. The first-order valence-corrected chi connectivity index (χ1v) is 8.24. The summed E-state index contributed by atoms with van der Waals surface area (Å²) in [6, 6.07) is 0. The smallest absolute Gasteiger partial charge is 0.224 e. The van der Waals surface area contributed by atoms with Crippen molar-refractivity contribution in [2.45, 2.75) is 53.1 Å². The van der Waals surface area contributed by atoms with Gasteiger partial charge in [-0.05, 0) is 13.3 Å². The summed E-state index contributed by atoms with van der Waals surface area (Å²) >= 11 is 4.07. The van der Waals surface area contributed by atoms with Gasteiger partial charge in [-0.1, -0.05) is 20.8 Å². The molecule has 6 nitrogen and oxygen atoms in total. The maximum atomic E-state index is 12.0. The molecule has 0 aromatic carbocycles. The first kappa shape index (κ1) is 21.8. The predicted molar refractivity (Wildman–Crippen MR) is 90.4 cm³/mol. The van der Waals surface area contributed by atoms with Gasteiger partial charge in [-0.25, -0.2) is 0 Å². The Morgan fingerprint density at radius 2 is 1.74 bits per heavy atom. The predicted octanol–water partition coefficient (Wildman–Crippen LogP) is 0.953. The molecule has 0 spiro atoms. The lowest BCUT2D eigenvalue weighted by atomic mass is 9.90. The van der Waals surface area contributed by atoms with Crippen LogP contribution in [0.2, 0.25) is 0 Å². The van der Waals surface area contributed by atoms with Gasteiger partial charge in [0.05, 0.1) is 12.5 Å². The molecule has 2 N–H and O–H groups in total. The molecule has 0 fully saturated rings. The van der Waals surface area contributed by atoms with Gasteiger partial charge in [0.15, 0.2) is 11.6 Å². The maximum absolute atomic E-state index is 12.0. The molecule has 0 aliphatic heterocycles. The fraction of sp³-hybridized carbons (Fsp3) is 0.750. The van der Waals surface area contributed by atoms with E-state index in [1.165, 1.54) is 6.92 Å². The third kappa shape index (κ3) is 8.86. The van der Waals surface area contributed by atoms with E-state index in [9.17, 15) is 24.3 Å². The number of carbonyl (C=O) groups is 4. The Kier molecular flexibility index (Phi) is 9.31. The monoisotopic (exact) mass is 345 g/mol. The molecule has 2 atom stereocenters. The third-order valence-corrected chi connectivity index (χ3v) is 3.93. The molecule has 0 heterocycles. The zero-order chi connectivity index (χ0) is 18.2. The quantitative estimate of drug-likeness (QED) is 0.512. The molecular weight excluding hydrogens is 318 g/mol. The third-order valence-electron chi connectivity index (χ3n) is 3.49. The Labute approximate surface area is 142 Å². The van der Waals surface area contributed by atoms with E-state index < -0.39 is 23.3 Å². The summed E-state index contributed by atoms with van der Waals surface area (Å²) in [5.41, 5.74) is -0.539. The van der Waals surface area contributed by atoms with E-state index in [1.807, 2.05) is 0 Å². The number of nitrogens with one attached hydrogen (secondary N) is 1. The van der Waals surface area contributed by atoms with Gasteiger partial charge in [0.2, 0.25) is 5.91 Å². The molecule has 0 bridgehead atoms. The van der Waals surface area contributed by atoms with Crippen molar-refractivity contribution in [3.05, 3.63) is 0 Å². The number of rotatable bonds is 10. The average molecular weight is 345 g/mol. The van der Waals surface area contributed by atoms with Crippen LogP contribution in [0.1, 0.15) is 47.0 Å². The molecule has 23 heavy (non-hydrogen) atoms. The Morgan fingerprint density at radius 3 is 2.17 bits per heavy atom. The van der Waals surface area contributed by atoms with E-state index in [2.05, 4.69) is 17.9 Å². The minimum Gasteiger partial charge on any atom is -0.385 e. The van der Waals surface area contributed by atoms with E-state index in [4.69, 9.17) is 0 Å². The number of ketones is 3. The molecule has 0 saturated heterocycles. The average Bonchev–Trinajstić information content (AvgIpc) is 2.45. The van der Waals surface area contributed by atoms with Gasteiger partial charge in [-0.2, -0.15) is 12.6 Å². The summed E-state index contributed by atoms with van der Waals surface area (Å²) in [6.07, 6.45) is -1.09. The molecular formula is C16H27NO5S. The highest BCUT2D eigenvalue weighted by molar-refractivity contribution is 7.80. The molecule has 0 saturated carbocycles. The van der Waals surface area contributed by atoms with Gasteiger partial charge < -0.3 is 10.4 Å². The minimum absolute atomic E-state index is 0.0241. The van der Waals surface area contributed by atoms with Crippen molar-refractivity contribution in [3.8, 4) is 0 Å². The number of aliphatic hydroxyl groups excluding tert-OH is 1. The summed E-state index contributed by atoms with van der Waals surface area (Å²) in [7, 11) is 0. The molecule has 0 aromatic rings. The van der Waals surface area contributed by atoms with Crippen LogP contribution in [0.3, 0.4) is 0 Å². The van der Waals surface area contributed by atoms with Crippen molar-refractivity contribution < 1.29 is 24.3 Å². The molecule has 1 amide bonds. The van der Waals surface area contributed by atoms with E-state index >= 15 is 0 Å². The summed E-state index contributed by atoms with van der Waals surface area (Å²) in [6.45, 7) is 6.47. The van der Waals surface area contributed by atoms with Crippen molar-refractivity contribution in [3.63, 3.8) is 0 Å². The lowest BCUT2D eigenvalue weighted by molar-refractivity contribution is -0.132. The second kappa shape index (κ2) is 9.82. The van der Waals surface area contributed by atoms with Crippen molar-refractivity contribution in [1.82, 2.24) is 5.32 Å². The topological polar surface area (TPSA) is 101 Å². The summed E-state index contributed by atoms with van der Waals surface area (Å²) in [5, 5.41) is 11.9. The Balaban J connectivity index is 4.37. The fourth-order valence-electron chi connectivity index (χ4n) is 1.69. The number of hydrogen-bond acceptors (Lipinski definition) is 6. The van der Waals surface area contributed by atoms with E-state index in [0.29, 0.717) is 0 Å². The van der Waals surface area contributed by atoms with Crippen LogP contribution in [0.4, 0.5) is 0 Å². The number of carbonyl (C=O) groups excluding carboxylic acids is 4. The number of aliphatic hydroxyl groups is 1. The van der Waals surface area contributed by atoms with Crippen LogP contribution in [-0.2, 0) is 19.2 Å². The molecule has 2 unspecified atom stereocenters. The summed E-state index contributed by atoms with van der Waals surface area (Å²) in [5.74, 6) is -1.55. The second-order valence-electron chi connectivity index (χ2n) is 6.68. The van der Waals surface area contributed by atoms with Crippen molar-refractivity contribution >= 4 is 35.9 Å². The van der Waals surface area contributed by atoms with Crippen LogP contribution >= 0.6 is 12.6 Å². The van der Waals surface area contributed by atoms with E-state index in [-0.39, 0.29) is 48.9 Å². The normalized spacial score (nSPS) is 14.0. The van der Waals surface area contributed by atoms with E-state index in [1.54, 1.807) is 20.8 Å². The van der Waals surface area contributed by atoms with Gasteiger partial charge in [0.1, 0.15) is 11.9 Å². The number of thiol groups is 1. The minimum atomic E-state index is -1.15. The van der Waals surface area contributed by atoms with Crippen LogP contribution < -0.4 is 5.32 Å². The fourth-order valence-corrected chi connectivity index (χ4v) is 1.99. The molecule has 0 radical (unpaired) electrons. The second-order valence-corrected chi connectivity index (χ2v) is 7.04. The number of amides is 1. The van der Waals surface area contributed by atoms with Crippen LogP contribution in [0.5, 0.6) is 0 Å². The standard InChI is InChI=1S/C16H27NO5S/c1-10(18)13(20)6-5-12(19)7-11(9-23)15(22)17-8-14(21)16(2,3)4/h11,13,20,23H,5-9H2,1-4H3,(H,17,22). The van der Waals surface area contributed by atoms with Gasteiger partial charge >= 0.3 is 0 Å². The SMILES string of the molecule is CC(=O)C(O)CCC(=O)CC(CS)C(=O)NCC(=O)C(C)(C)C. The van der Waals surface area contributed by atoms with Gasteiger partial charge in [-0.15, -0.1) is 0 Å². The molecule has 0 aliphatic carbocycles. The van der Waals surface area contributed by atoms with Gasteiger partial charge in [0.25, 0.3) is 0 Å². The van der Waals surface area contributed by atoms with Gasteiger partial charge in [0, 0.05) is 24.0 Å². The summed E-state index contributed by atoms with van der Waals surface area (Å²) in [4.78, 5) is 46.5. The van der Waals surface area contributed by atoms with Crippen LogP contribution in [0, 0.1) is 11.3 Å². The molecule has 0 rings (SSSR count). The lowest BCUT2D eigenvalue weighted by Crippen LogP contribution is -2.39.